The second-order valence-corrected chi connectivity index (χ2v) is 5.90. The Kier molecular flexibility index (Phi) is 3.92. The highest BCUT2D eigenvalue weighted by Crippen LogP contribution is 2.26. The number of rotatable bonds is 5. The van der Waals surface area contributed by atoms with E-state index in [1.807, 2.05) is 0 Å². The van der Waals surface area contributed by atoms with Crippen LogP contribution in [-0.2, 0) is 0 Å². The molecule has 114 valence electrons. The fraction of sp³-hybridized carbons (Fsp3) is 0.643. The van der Waals surface area contributed by atoms with E-state index in [9.17, 15) is 9.90 Å². The Morgan fingerprint density at radius 2 is 2.05 bits per heavy atom. The van der Waals surface area contributed by atoms with E-state index in [0.29, 0.717) is 24.2 Å². The number of anilines is 2. The van der Waals surface area contributed by atoms with Gasteiger partial charge in [0.1, 0.15) is 5.82 Å². The van der Waals surface area contributed by atoms with Gasteiger partial charge in [0.15, 0.2) is 0 Å². The standard InChI is InChI=1S/C14H21N5O2/c15-12(21)11-7-16-14(18-8-4-5-8)19-13(11)17-9-2-1-3-10(20)6-9/h7-10,20H,1-6H2,(H2,15,21)(H2,16,17,18,19)/t9-,10+/m1/s1. The third kappa shape index (κ3) is 3.60. The lowest BCUT2D eigenvalue weighted by Crippen LogP contribution is -2.31. The number of nitrogens with one attached hydrogen (secondary N) is 2. The summed E-state index contributed by atoms with van der Waals surface area (Å²) < 4.78 is 0. The smallest absolute Gasteiger partial charge is 0.254 e. The lowest BCUT2D eigenvalue weighted by Gasteiger charge is -2.27. The summed E-state index contributed by atoms with van der Waals surface area (Å²) in [6.07, 6.45) is 6.82. The summed E-state index contributed by atoms with van der Waals surface area (Å²) in [6.45, 7) is 0. The van der Waals surface area contributed by atoms with Crippen LogP contribution in [0.2, 0.25) is 0 Å². The highest BCUT2D eigenvalue weighted by atomic mass is 16.3. The number of aliphatic hydroxyl groups is 1. The fourth-order valence-corrected chi connectivity index (χ4v) is 2.64. The van der Waals surface area contributed by atoms with E-state index in [4.69, 9.17) is 5.73 Å². The molecule has 2 saturated carbocycles. The van der Waals surface area contributed by atoms with Gasteiger partial charge in [-0.05, 0) is 38.5 Å². The molecule has 21 heavy (non-hydrogen) atoms. The average molecular weight is 291 g/mol. The third-order valence-electron chi connectivity index (χ3n) is 3.95. The summed E-state index contributed by atoms with van der Waals surface area (Å²) >= 11 is 0. The van der Waals surface area contributed by atoms with Crippen molar-refractivity contribution < 1.29 is 9.90 Å². The summed E-state index contributed by atoms with van der Waals surface area (Å²) in [4.78, 5) is 20.0. The van der Waals surface area contributed by atoms with Gasteiger partial charge in [-0.2, -0.15) is 4.98 Å². The molecule has 7 nitrogen and oxygen atoms in total. The van der Waals surface area contributed by atoms with Gasteiger partial charge in [0.05, 0.1) is 11.7 Å². The Bertz CT molecular complexity index is 532. The van der Waals surface area contributed by atoms with Crippen LogP contribution < -0.4 is 16.4 Å². The van der Waals surface area contributed by atoms with Crippen LogP contribution >= 0.6 is 0 Å². The minimum atomic E-state index is -0.549. The second kappa shape index (κ2) is 5.85. The largest absolute Gasteiger partial charge is 0.393 e. The Balaban J connectivity index is 1.77. The number of hydrogen-bond acceptors (Lipinski definition) is 6. The molecule has 3 rings (SSSR count). The number of carbonyl (C=O) groups is 1. The minimum Gasteiger partial charge on any atom is -0.393 e. The van der Waals surface area contributed by atoms with Gasteiger partial charge in [0.2, 0.25) is 5.95 Å². The van der Waals surface area contributed by atoms with Crippen molar-refractivity contribution in [2.24, 2.45) is 5.73 Å². The molecule has 0 aliphatic heterocycles. The van der Waals surface area contributed by atoms with Gasteiger partial charge >= 0.3 is 0 Å². The molecule has 2 aliphatic carbocycles. The van der Waals surface area contributed by atoms with Crippen LogP contribution in [0.3, 0.4) is 0 Å². The summed E-state index contributed by atoms with van der Waals surface area (Å²) in [6, 6.07) is 0.546. The van der Waals surface area contributed by atoms with E-state index in [1.165, 1.54) is 6.20 Å². The highest BCUT2D eigenvalue weighted by molar-refractivity contribution is 5.97. The van der Waals surface area contributed by atoms with E-state index < -0.39 is 5.91 Å². The molecule has 0 radical (unpaired) electrons. The first kappa shape index (κ1) is 14.1. The topological polar surface area (TPSA) is 113 Å². The monoisotopic (exact) mass is 291 g/mol. The van der Waals surface area contributed by atoms with Crippen molar-refractivity contribution in [3.05, 3.63) is 11.8 Å². The quantitative estimate of drug-likeness (QED) is 0.640. The molecular formula is C14H21N5O2. The molecule has 0 unspecified atom stereocenters. The normalized spacial score (nSPS) is 25.4. The van der Waals surface area contributed by atoms with E-state index in [1.54, 1.807) is 0 Å². The number of aromatic nitrogens is 2. The van der Waals surface area contributed by atoms with Crippen molar-refractivity contribution in [2.45, 2.75) is 56.7 Å². The van der Waals surface area contributed by atoms with Crippen molar-refractivity contribution in [1.29, 1.82) is 0 Å². The molecule has 2 atom stereocenters. The molecule has 7 heteroatoms. The zero-order valence-corrected chi connectivity index (χ0v) is 11.9. The van der Waals surface area contributed by atoms with Gasteiger partial charge in [-0.25, -0.2) is 4.98 Å². The zero-order valence-electron chi connectivity index (χ0n) is 11.9. The average Bonchev–Trinajstić information content (AvgIpc) is 3.22. The Morgan fingerprint density at radius 1 is 1.24 bits per heavy atom. The first-order chi connectivity index (χ1) is 10.1. The van der Waals surface area contributed by atoms with Gasteiger partial charge < -0.3 is 21.5 Å². The Hall–Kier alpha value is -1.89. The molecule has 0 aromatic carbocycles. The first-order valence-corrected chi connectivity index (χ1v) is 7.50. The maximum Gasteiger partial charge on any atom is 0.254 e. The van der Waals surface area contributed by atoms with Gasteiger partial charge in [0.25, 0.3) is 5.91 Å². The number of primary amides is 1. The minimum absolute atomic E-state index is 0.107. The van der Waals surface area contributed by atoms with Crippen molar-refractivity contribution in [2.75, 3.05) is 10.6 Å². The van der Waals surface area contributed by atoms with Crippen LogP contribution in [0.5, 0.6) is 0 Å². The summed E-state index contributed by atoms with van der Waals surface area (Å²) in [5, 5.41) is 16.2. The van der Waals surface area contributed by atoms with Crippen LogP contribution in [0, 0.1) is 0 Å². The van der Waals surface area contributed by atoms with Crippen LogP contribution in [-0.4, -0.2) is 39.2 Å². The maximum absolute atomic E-state index is 11.5. The number of aliphatic hydroxyl groups excluding tert-OH is 1. The maximum atomic E-state index is 11.5. The summed E-state index contributed by atoms with van der Waals surface area (Å²) in [5.74, 6) is 0.424. The molecule has 1 heterocycles. The van der Waals surface area contributed by atoms with Crippen LogP contribution in [0.15, 0.2) is 6.20 Å². The van der Waals surface area contributed by atoms with Crippen molar-refractivity contribution in [3.8, 4) is 0 Å². The van der Waals surface area contributed by atoms with Crippen molar-refractivity contribution in [1.82, 2.24) is 9.97 Å². The van der Waals surface area contributed by atoms with Gasteiger partial charge in [0, 0.05) is 18.3 Å². The van der Waals surface area contributed by atoms with Crippen LogP contribution in [0.1, 0.15) is 48.9 Å². The number of nitrogens with two attached hydrogens (primary N) is 1. The van der Waals surface area contributed by atoms with E-state index >= 15 is 0 Å². The summed E-state index contributed by atoms with van der Waals surface area (Å²) in [7, 11) is 0. The molecule has 2 aliphatic rings. The number of nitrogens with zero attached hydrogens (tertiary/aromatic N) is 2. The predicted octanol–water partition coefficient (Wildman–Crippen LogP) is 0.865. The van der Waals surface area contributed by atoms with Gasteiger partial charge in [-0.1, -0.05) is 0 Å². The molecule has 0 saturated heterocycles. The molecular weight excluding hydrogens is 270 g/mol. The van der Waals surface area contributed by atoms with Gasteiger partial charge in [-0.3, -0.25) is 4.79 Å². The third-order valence-corrected chi connectivity index (χ3v) is 3.95. The van der Waals surface area contributed by atoms with E-state index in [-0.39, 0.29) is 17.7 Å². The molecule has 1 aromatic heterocycles. The number of hydrogen-bond donors (Lipinski definition) is 4. The molecule has 2 fully saturated rings. The van der Waals surface area contributed by atoms with Crippen molar-refractivity contribution >= 4 is 17.7 Å². The highest BCUT2D eigenvalue weighted by Gasteiger charge is 2.25. The number of carbonyl (C=O) groups excluding carboxylic acids is 1. The van der Waals surface area contributed by atoms with Gasteiger partial charge in [-0.15, -0.1) is 0 Å². The molecule has 5 N–H and O–H groups in total. The zero-order chi connectivity index (χ0) is 14.8. The molecule has 0 spiro atoms. The number of amides is 1. The lowest BCUT2D eigenvalue weighted by atomic mass is 9.93. The summed E-state index contributed by atoms with van der Waals surface area (Å²) in [5.41, 5.74) is 5.67. The Morgan fingerprint density at radius 3 is 2.71 bits per heavy atom. The van der Waals surface area contributed by atoms with E-state index in [0.717, 1.165) is 32.1 Å². The lowest BCUT2D eigenvalue weighted by molar-refractivity contribution is 0.100. The van der Waals surface area contributed by atoms with Crippen LogP contribution in [0.25, 0.3) is 0 Å². The van der Waals surface area contributed by atoms with Crippen LogP contribution in [0.4, 0.5) is 11.8 Å². The fourth-order valence-electron chi connectivity index (χ4n) is 2.64. The molecule has 0 bridgehead atoms. The molecule has 1 aromatic rings. The predicted molar refractivity (Wildman–Crippen MR) is 79.1 cm³/mol. The second-order valence-electron chi connectivity index (χ2n) is 5.90. The van der Waals surface area contributed by atoms with E-state index in [2.05, 4.69) is 20.6 Å². The Labute approximate surface area is 123 Å². The molecule has 1 amide bonds. The SMILES string of the molecule is NC(=O)c1cnc(NC2CC2)nc1N[C@@H]1CCC[C@H](O)C1. The van der Waals surface area contributed by atoms with Crippen molar-refractivity contribution in [3.63, 3.8) is 0 Å². The first-order valence-electron chi connectivity index (χ1n) is 7.50.